The van der Waals surface area contributed by atoms with Crippen LogP contribution in [-0.4, -0.2) is 30.5 Å². The van der Waals surface area contributed by atoms with E-state index in [-0.39, 0.29) is 24.2 Å². The molecular weight excluding hydrogens is 358 g/mol. The zero-order valence-electron chi connectivity index (χ0n) is 15.8. The van der Waals surface area contributed by atoms with Crippen LogP contribution in [0.1, 0.15) is 17.9 Å². The predicted molar refractivity (Wildman–Crippen MR) is 104 cm³/mol. The van der Waals surface area contributed by atoms with Crippen molar-refractivity contribution in [3.63, 3.8) is 0 Å². The normalized spacial score (nSPS) is 16.6. The lowest BCUT2D eigenvalue weighted by atomic mass is 10.1. The zero-order chi connectivity index (χ0) is 19.7. The van der Waals surface area contributed by atoms with Crippen LogP contribution in [0.2, 0.25) is 0 Å². The summed E-state index contributed by atoms with van der Waals surface area (Å²) in [6.07, 6.45) is 0.194. The minimum absolute atomic E-state index is 0.0684. The summed E-state index contributed by atoms with van der Waals surface area (Å²) in [4.78, 5) is 31.0. The van der Waals surface area contributed by atoms with Gasteiger partial charge in [-0.05, 0) is 35.9 Å². The van der Waals surface area contributed by atoms with Gasteiger partial charge in [-0.3, -0.25) is 9.59 Å². The molecule has 0 radical (unpaired) electrons. The fraction of sp³-hybridized carbons (Fsp3) is 0.286. The number of nitrogens with one attached hydrogen (secondary N) is 1. The fourth-order valence-corrected chi connectivity index (χ4v) is 3.45. The number of carbonyl (C=O) groups excluding carboxylic acids is 2. The SMILES string of the molecule is COc1cccc(CNC(=O)C2CC(=O)N(c3ccc4oc(C)nc4c3)C2)c1. The van der Waals surface area contributed by atoms with Crippen molar-refractivity contribution in [2.24, 2.45) is 5.92 Å². The van der Waals surface area contributed by atoms with Gasteiger partial charge in [-0.1, -0.05) is 12.1 Å². The Hall–Kier alpha value is -3.35. The molecule has 1 atom stereocenters. The topological polar surface area (TPSA) is 84.7 Å². The molecule has 1 saturated heterocycles. The third-order valence-electron chi connectivity index (χ3n) is 4.89. The van der Waals surface area contributed by atoms with Crippen LogP contribution in [-0.2, 0) is 16.1 Å². The predicted octanol–water partition coefficient (Wildman–Crippen LogP) is 2.81. The summed E-state index contributed by atoms with van der Waals surface area (Å²) < 4.78 is 10.7. The highest BCUT2D eigenvalue weighted by atomic mass is 16.5. The van der Waals surface area contributed by atoms with Gasteiger partial charge in [0.2, 0.25) is 11.8 Å². The maximum absolute atomic E-state index is 12.6. The molecule has 0 bridgehead atoms. The number of hydrogen-bond donors (Lipinski definition) is 1. The Morgan fingerprint density at radius 1 is 1.32 bits per heavy atom. The number of rotatable bonds is 5. The Kier molecular flexibility index (Phi) is 4.73. The lowest BCUT2D eigenvalue weighted by molar-refractivity contribution is -0.126. The number of ether oxygens (including phenoxy) is 1. The van der Waals surface area contributed by atoms with E-state index in [0.29, 0.717) is 30.1 Å². The van der Waals surface area contributed by atoms with Crippen LogP contribution in [0.25, 0.3) is 11.1 Å². The molecule has 1 unspecified atom stereocenters. The van der Waals surface area contributed by atoms with Crippen molar-refractivity contribution in [1.82, 2.24) is 10.3 Å². The average molecular weight is 379 g/mol. The second-order valence-corrected chi connectivity index (χ2v) is 6.86. The number of benzene rings is 2. The Bertz CT molecular complexity index is 1040. The molecule has 7 heteroatoms. The first-order chi connectivity index (χ1) is 13.5. The molecular formula is C21H21N3O4. The molecule has 1 aliphatic rings. The summed E-state index contributed by atoms with van der Waals surface area (Å²) in [7, 11) is 1.61. The van der Waals surface area contributed by atoms with Crippen molar-refractivity contribution in [3.8, 4) is 5.75 Å². The van der Waals surface area contributed by atoms with Crippen LogP contribution in [0.3, 0.4) is 0 Å². The van der Waals surface area contributed by atoms with Crippen molar-refractivity contribution in [2.75, 3.05) is 18.6 Å². The summed E-state index contributed by atoms with van der Waals surface area (Å²) in [5.41, 5.74) is 3.06. The van der Waals surface area contributed by atoms with Gasteiger partial charge in [0.05, 0.1) is 13.0 Å². The first-order valence-corrected chi connectivity index (χ1v) is 9.11. The zero-order valence-corrected chi connectivity index (χ0v) is 15.8. The van der Waals surface area contributed by atoms with Crippen LogP contribution in [0.5, 0.6) is 5.75 Å². The summed E-state index contributed by atoms with van der Waals surface area (Å²) >= 11 is 0. The second-order valence-electron chi connectivity index (χ2n) is 6.86. The van der Waals surface area contributed by atoms with Crippen LogP contribution < -0.4 is 15.0 Å². The third kappa shape index (κ3) is 3.55. The molecule has 3 aromatic rings. The molecule has 0 saturated carbocycles. The second kappa shape index (κ2) is 7.34. The molecule has 1 aromatic heterocycles. The van der Waals surface area contributed by atoms with Gasteiger partial charge in [0.1, 0.15) is 11.3 Å². The van der Waals surface area contributed by atoms with Crippen LogP contribution >= 0.6 is 0 Å². The van der Waals surface area contributed by atoms with Crippen LogP contribution in [0.15, 0.2) is 46.9 Å². The molecule has 0 aliphatic carbocycles. The minimum Gasteiger partial charge on any atom is -0.497 e. The van der Waals surface area contributed by atoms with E-state index in [9.17, 15) is 9.59 Å². The Labute approximate surface area is 162 Å². The van der Waals surface area contributed by atoms with Gasteiger partial charge in [-0.15, -0.1) is 0 Å². The largest absolute Gasteiger partial charge is 0.497 e. The van der Waals surface area contributed by atoms with E-state index < -0.39 is 0 Å². The summed E-state index contributed by atoms with van der Waals surface area (Å²) in [5, 5.41) is 2.92. The van der Waals surface area contributed by atoms with Crippen molar-refractivity contribution in [3.05, 3.63) is 53.9 Å². The molecule has 28 heavy (non-hydrogen) atoms. The molecule has 1 fully saturated rings. The molecule has 1 N–H and O–H groups in total. The van der Waals surface area contributed by atoms with Crippen molar-refractivity contribution in [2.45, 2.75) is 19.9 Å². The highest BCUT2D eigenvalue weighted by molar-refractivity contribution is 6.01. The molecule has 1 aliphatic heterocycles. The van der Waals surface area contributed by atoms with E-state index in [1.165, 1.54) is 0 Å². The Morgan fingerprint density at radius 2 is 2.18 bits per heavy atom. The molecule has 144 valence electrons. The molecule has 0 spiro atoms. The first kappa shape index (κ1) is 18.0. The van der Waals surface area contributed by atoms with Gasteiger partial charge < -0.3 is 19.4 Å². The monoisotopic (exact) mass is 379 g/mol. The van der Waals surface area contributed by atoms with E-state index in [4.69, 9.17) is 9.15 Å². The van der Waals surface area contributed by atoms with Gasteiger partial charge in [-0.25, -0.2) is 4.98 Å². The molecule has 2 amide bonds. The highest BCUT2D eigenvalue weighted by Gasteiger charge is 2.35. The lowest BCUT2D eigenvalue weighted by Gasteiger charge is -2.16. The number of amides is 2. The summed E-state index contributed by atoms with van der Waals surface area (Å²) in [6.45, 7) is 2.53. The Morgan fingerprint density at radius 3 is 3.00 bits per heavy atom. The number of carbonyl (C=O) groups is 2. The number of aromatic nitrogens is 1. The van der Waals surface area contributed by atoms with E-state index in [1.54, 1.807) is 25.0 Å². The lowest BCUT2D eigenvalue weighted by Crippen LogP contribution is -2.32. The number of fused-ring (bicyclic) bond motifs is 1. The average Bonchev–Trinajstić information content (AvgIpc) is 3.27. The summed E-state index contributed by atoms with van der Waals surface area (Å²) in [5.74, 6) is 0.744. The molecule has 4 rings (SSSR count). The van der Waals surface area contributed by atoms with Gasteiger partial charge in [0.15, 0.2) is 11.5 Å². The molecule has 2 heterocycles. The van der Waals surface area contributed by atoms with Gasteiger partial charge in [0, 0.05) is 32.1 Å². The highest BCUT2D eigenvalue weighted by Crippen LogP contribution is 2.28. The number of oxazole rings is 1. The smallest absolute Gasteiger partial charge is 0.227 e. The van der Waals surface area contributed by atoms with Crippen molar-refractivity contribution >= 4 is 28.6 Å². The Balaban J connectivity index is 1.42. The number of nitrogens with zero attached hydrogens (tertiary/aromatic N) is 2. The van der Waals surface area contributed by atoms with Crippen molar-refractivity contribution < 1.29 is 18.7 Å². The van der Waals surface area contributed by atoms with Crippen LogP contribution in [0.4, 0.5) is 5.69 Å². The third-order valence-corrected chi connectivity index (χ3v) is 4.89. The van der Waals surface area contributed by atoms with Crippen molar-refractivity contribution in [1.29, 1.82) is 0 Å². The number of hydrogen-bond acceptors (Lipinski definition) is 5. The van der Waals surface area contributed by atoms with Gasteiger partial charge in [-0.2, -0.15) is 0 Å². The standard InChI is InChI=1S/C21H21N3O4/c1-13-23-18-10-16(6-7-19(18)28-13)24-12-15(9-20(24)25)21(26)22-11-14-4-3-5-17(8-14)27-2/h3-8,10,15H,9,11-12H2,1-2H3,(H,22,26). The van der Waals surface area contributed by atoms with E-state index in [1.807, 2.05) is 36.4 Å². The van der Waals surface area contributed by atoms with Gasteiger partial charge >= 0.3 is 0 Å². The maximum Gasteiger partial charge on any atom is 0.227 e. The number of aryl methyl sites for hydroxylation is 1. The van der Waals surface area contributed by atoms with E-state index in [2.05, 4.69) is 10.3 Å². The fourth-order valence-electron chi connectivity index (χ4n) is 3.45. The quantitative estimate of drug-likeness (QED) is 0.737. The summed E-state index contributed by atoms with van der Waals surface area (Å²) in [6, 6.07) is 13.0. The first-order valence-electron chi connectivity index (χ1n) is 9.11. The van der Waals surface area contributed by atoms with Crippen LogP contribution in [0, 0.1) is 12.8 Å². The maximum atomic E-state index is 12.6. The van der Waals surface area contributed by atoms with Gasteiger partial charge in [0.25, 0.3) is 0 Å². The molecule has 2 aromatic carbocycles. The number of methoxy groups -OCH3 is 1. The number of anilines is 1. The van der Waals surface area contributed by atoms with E-state index in [0.717, 1.165) is 17.0 Å². The molecule has 7 nitrogen and oxygen atoms in total. The minimum atomic E-state index is -0.382. The van der Waals surface area contributed by atoms with E-state index >= 15 is 0 Å².